The van der Waals surface area contributed by atoms with Gasteiger partial charge in [0.1, 0.15) is 0 Å². The summed E-state index contributed by atoms with van der Waals surface area (Å²) in [6.45, 7) is 12.4. The molecule has 0 heterocycles. The van der Waals surface area contributed by atoms with Crippen LogP contribution in [0, 0.1) is 5.92 Å². The Morgan fingerprint density at radius 1 is 0.850 bits per heavy atom. The van der Waals surface area contributed by atoms with E-state index in [-0.39, 0.29) is 26.2 Å². The number of nitrogens with zero attached hydrogens (tertiary/aromatic N) is 2. The van der Waals surface area contributed by atoms with Crippen LogP contribution in [-0.2, 0) is 26.2 Å². The Morgan fingerprint density at radius 3 is 1.50 bits per heavy atom. The first-order valence-electron chi connectivity index (χ1n) is 7.48. The van der Waals surface area contributed by atoms with Crippen LogP contribution in [0.2, 0.25) is 0 Å². The number of hydrogen-bond acceptors (Lipinski definition) is 1. The summed E-state index contributed by atoms with van der Waals surface area (Å²) >= 11 is 0. The van der Waals surface area contributed by atoms with E-state index in [1.807, 2.05) is 27.7 Å². The van der Waals surface area contributed by atoms with Crippen LogP contribution in [0.4, 0.5) is 0 Å². The number of allylic oxidation sites excluding steroid dienone is 4. The minimum Gasteiger partial charge on any atom is -0.663 e. The third-order valence-corrected chi connectivity index (χ3v) is 2.42. The first-order valence-corrected chi connectivity index (χ1v) is 7.48. The fourth-order valence-electron chi connectivity index (χ4n) is 1.44. The molecule has 0 radical (unpaired) electrons. The van der Waals surface area contributed by atoms with Crippen molar-refractivity contribution in [1.29, 1.82) is 0 Å². The zero-order chi connectivity index (χ0) is 14.8. The molecule has 0 unspecified atom stereocenters. The average molecular weight is 360 g/mol. The van der Waals surface area contributed by atoms with E-state index >= 15 is 0 Å². The third kappa shape index (κ3) is 23.3. The van der Waals surface area contributed by atoms with Gasteiger partial charge in [-0.25, -0.2) is 0 Å². The molecule has 0 saturated heterocycles. The molecular weight excluding hydrogens is 327 g/mol. The maximum Gasteiger partial charge on any atom is 2.00 e. The van der Waals surface area contributed by atoms with Crippen molar-refractivity contribution in [2.75, 3.05) is 32.8 Å². The Bertz CT molecular complexity index is 187. The number of hydrogen-bond donors (Lipinski definition) is 1. The smallest absolute Gasteiger partial charge is 0.663 e. The maximum absolute atomic E-state index is 8.48. The van der Waals surface area contributed by atoms with Crippen molar-refractivity contribution in [3.8, 4) is 0 Å². The molecule has 0 bridgehead atoms. The molecule has 1 aliphatic carbocycles. The van der Waals surface area contributed by atoms with Gasteiger partial charge in [0.2, 0.25) is 0 Å². The van der Waals surface area contributed by atoms with Crippen LogP contribution in [0.3, 0.4) is 0 Å². The molecule has 0 aromatic carbocycles. The van der Waals surface area contributed by atoms with Gasteiger partial charge in [0.15, 0.2) is 0 Å². The molecule has 1 rings (SSSR count). The first-order chi connectivity index (χ1) is 9.26. The summed E-state index contributed by atoms with van der Waals surface area (Å²) in [5.41, 5.74) is 0. The summed E-state index contributed by atoms with van der Waals surface area (Å²) < 4.78 is 0. The molecule has 0 aromatic rings. The minimum atomic E-state index is 0. The Balaban J connectivity index is -0.000000230. The van der Waals surface area contributed by atoms with Crippen LogP contribution in [0.25, 0.3) is 10.6 Å². The van der Waals surface area contributed by atoms with Gasteiger partial charge in [-0.2, -0.15) is 26.2 Å². The van der Waals surface area contributed by atoms with Crippen molar-refractivity contribution in [2.45, 2.75) is 40.5 Å². The van der Waals surface area contributed by atoms with Gasteiger partial charge in [0.05, 0.1) is 0 Å². The van der Waals surface area contributed by atoms with Crippen LogP contribution in [0.15, 0.2) is 24.3 Å². The summed E-state index contributed by atoms with van der Waals surface area (Å²) in [5, 5.41) is 16.4. The third-order valence-electron chi connectivity index (χ3n) is 2.42. The van der Waals surface area contributed by atoms with Crippen molar-refractivity contribution in [2.24, 2.45) is 5.92 Å². The molecule has 0 saturated carbocycles. The summed E-state index contributed by atoms with van der Waals surface area (Å²) in [7, 11) is 0. The van der Waals surface area contributed by atoms with E-state index in [0.29, 0.717) is 12.5 Å². The van der Waals surface area contributed by atoms with Gasteiger partial charge in [-0.3, -0.25) is 0 Å². The Labute approximate surface area is 145 Å². The summed E-state index contributed by atoms with van der Waals surface area (Å²) in [5.74, 6) is 0.595. The molecule has 4 heteroatoms. The predicted molar refractivity (Wildman–Crippen MR) is 87.0 cm³/mol. The van der Waals surface area contributed by atoms with E-state index in [1.54, 1.807) is 0 Å². The standard InChI is InChI=1S/C8H12O.2C4H10N.Zr/c9-7-3-6-8-4-1-2-5-8;2*1-3-5-4-2;/h1-2,4-5,8-9H,3,6-7H2;2*3-4H2,1-2H3;/q;2*-1;+2. The Kier molecular flexibility index (Phi) is 30.6. The van der Waals surface area contributed by atoms with Crippen molar-refractivity contribution >= 4 is 0 Å². The van der Waals surface area contributed by atoms with Crippen LogP contribution < -0.4 is 0 Å². The molecule has 1 N–H and O–H groups in total. The summed E-state index contributed by atoms with van der Waals surface area (Å²) in [6.07, 6.45) is 10.4. The van der Waals surface area contributed by atoms with Gasteiger partial charge < -0.3 is 15.7 Å². The second-order valence-electron chi connectivity index (χ2n) is 4.01. The molecule has 1 aliphatic rings. The molecule has 0 fully saturated rings. The monoisotopic (exact) mass is 358 g/mol. The minimum absolute atomic E-state index is 0. The zero-order valence-corrected chi connectivity index (χ0v) is 16.1. The largest absolute Gasteiger partial charge is 2.00 e. The van der Waals surface area contributed by atoms with Gasteiger partial charge in [-0.1, -0.05) is 52.0 Å². The molecule has 0 spiro atoms. The molecular formula is C16H32N2OZr. The molecule has 116 valence electrons. The maximum atomic E-state index is 8.48. The summed E-state index contributed by atoms with van der Waals surface area (Å²) in [6, 6.07) is 0. The van der Waals surface area contributed by atoms with Crippen molar-refractivity contribution in [1.82, 2.24) is 0 Å². The van der Waals surface area contributed by atoms with Gasteiger partial charge in [0.25, 0.3) is 0 Å². The van der Waals surface area contributed by atoms with Crippen LogP contribution >= 0.6 is 0 Å². The van der Waals surface area contributed by atoms with Crippen LogP contribution in [0.5, 0.6) is 0 Å². The van der Waals surface area contributed by atoms with E-state index in [2.05, 4.69) is 34.9 Å². The van der Waals surface area contributed by atoms with E-state index < -0.39 is 0 Å². The topological polar surface area (TPSA) is 48.4 Å². The van der Waals surface area contributed by atoms with Crippen molar-refractivity contribution in [3.63, 3.8) is 0 Å². The number of aliphatic hydroxyl groups is 1. The van der Waals surface area contributed by atoms with Gasteiger partial charge >= 0.3 is 26.2 Å². The van der Waals surface area contributed by atoms with Crippen LogP contribution in [-0.4, -0.2) is 37.9 Å². The Morgan fingerprint density at radius 2 is 1.25 bits per heavy atom. The van der Waals surface area contributed by atoms with E-state index in [1.165, 1.54) is 0 Å². The molecule has 0 aliphatic heterocycles. The van der Waals surface area contributed by atoms with E-state index in [4.69, 9.17) is 5.11 Å². The molecule has 3 nitrogen and oxygen atoms in total. The molecule has 0 amide bonds. The van der Waals surface area contributed by atoms with E-state index in [9.17, 15) is 0 Å². The fraction of sp³-hybridized carbons (Fsp3) is 0.750. The second kappa shape index (κ2) is 24.3. The molecule has 0 atom stereocenters. The zero-order valence-electron chi connectivity index (χ0n) is 13.7. The number of aliphatic hydroxyl groups excluding tert-OH is 1. The van der Waals surface area contributed by atoms with Gasteiger partial charge in [-0.05, 0) is 18.8 Å². The quantitative estimate of drug-likeness (QED) is 0.724. The Hall–Kier alpha value is 0.243. The van der Waals surface area contributed by atoms with Crippen LogP contribution in [0.1, 0.15) is 40.5 Å². The molecule has 20 heavy (non-hydrogen) atoms. The normalized spacial score (nSPS) is 12.1. The van der Waals surface area contributed by atoms with Gasteiger partial charge in [0, 0.05) is 6.61 Å². The summed E-state index contributed by atoms with van der Waals surface area (Å²) in [4.78, 5) is 0. The van der Waals surface area contributed by atoms with E-state index in [0.717, 1.165) is 39.0 Å². The average Bonchev–Trinajstić information content (AvgIpc) is 2.93. The van der Waals surface area contributed by atoms with Crippen molar-refractivity contribution < 1.29 is 31.3 Å². The first kappa shape index (κ1) is 25.2. The molecule has 0 aromatic heterocycles. The SMILES string of the molecule is CC[N-]CC.CC[N-]CC.OCCCC1C=CC=C1.[Zr+2]. The predicted octanol–water partition coefficient (Wildman–Crippen LogP) is 4.30. The van der Waals surface area contributed by atoms with Gasteiger partial charge in [-0.15, -0.1) is 0 Å². The number of rotatable bonds is 7. The van der Waals surface area contributed by atoms with Crippen molar-refractivity contribution in [3.05, 3.63) is 34.9 Å². The second-order valence-corrected chi connectivity index (χ2v) is 4.01. The fourth-order valence-corrected chi connectivity index (χ4v) is 1.44.